The Morgan fingerprint density at radius 1 is 0.960 bits per heavy atom. The lowest BCUT2D eigenvalue weighted by atomic mass is 10.1. The van der Waals surface area contributed by atoms with Crippen molar-refractivity contribution in [2.75, 3.05) is 36.0 Å². The van der Waals surface area contributed by atoms with Gasteiger partial charge in [-0.1, -0.05) is 11.6 Å². The van der Waals surface area contributed by atoms with Gasteiger partial charge in [0.15, 0.2) is 5.82 Å². The van der Waals surface area contributed by atoms with Crippen LogP contribution in [0.5, 0.6) is 0 Å². The molecule has 0 atom stereocenters. The highest BCUT2D eigenvalue weighted by atomic mass is 35.5. The number of hydrogen-bond donors (Lipinski definition) is 0. The molecule has 128 valence electrons. The number of benzene rings is 1. The Labute approximate surface area is 150 Å². The minimum absolute atomic E-state index is 0.314. The molecule has 0 amide bonds. The van der Waals surface area contributed by atoms with E-state index in [0.717, 1.165) is 24.7 Å². The minimum Gasteiger partial charge on any atom is -0.366 e. The Bertz CT molecular complexity index is 924. The molecule has 1 fully saturated rings. The highest BCUT2D eigenvalue weighted by molar-refractivity contribution is 6.35. The maximum Gasteiger partial charge on any atom is 0.172 e. The van der Waals surface area contributed by atoms with Gasteiger partial charge < -0.3 is 9.80 Å². The number of piperazine rings is 1. The number of aryl methyl sites for hydroxylation is 1. The molecule has 1 aliphatic rings. The van der Waals surface area contributed by atoms with Crippen LogP contribution in [0.2, 0.25) is 5.02 Å². The summed E-state index contributed by atoms with van der Waals surface area (Å²) in [6.45, 7) is 4.86. The first-order valence-electron chi connectivity index (χ1n) is 8.16. The van der Waals surface area contributed by atoms with Gasteiger partial charge in [-0.2, -0.15) is 0 Å². The molecule has 0 saturated carbocycles. The quantitative estimate of drug-likeness (QED) is 0.703. The molecule has 2 aromatic heterocycles. The maximum atomic E-state index is 14.9. The van der Waals surface area contributed by atoms with E-state index in [4.69, 9.17) is 11.6 Å². The second-order valence-corrected chi connectivity index (χ2v) is 6.43. The van der Waals surface area contributed by atoms with Crippen LogP contribution in [0.3, 0.4) is 0 Å². The molecule has 3 heterocycles. The standard InChI is InChI=1S/C18H17ClFN5/c1-12-21-7-5-16(23-12)25-10-8-24(9-11-25)15-3-2-13-14(19)4-6-22-18(13)17(15)20/h2-7H,8-11H2,1H3. The lowest BCUT2D eigenvalue weighted by molar-refractivity contribution is 0.601. The molecule has 1 aliphatic heterocycles. The first kappa shape index (κ1) is 16.0. The van der Waals surface area contributed by atoms with Gasteiger partial charge in [-0.25, -0.2) is 14.4 Å². The second-order valence-electron chi connectivity index (χ2n) is 6.02. The first-order chi connectivity index (χ1) is 12.1. The number of nitrogens with zero attached hydrogens (tertiary/aromatic N) is 5. The topological polar surface area (TPSA) is 45.2 Å². The molecule has 1 aromatic carbocycles. The third kappa shape index (κ3) is 2.98. The van der Waals surface area contributed by atoms with Crippen LogP contribution in [-0.2, 0) is 0 Å². The van der Waals surface area contributed by atoms with E-state index < -0.39 is 0 Å². The van der Waals surface area contributed by atoms with Gasteiger partial charge >= 0.3 is 0 Å². The largest absolute Gasteiger partial charge is 0.366 e. The number of hydrogen-bond acceptors (Lipinski definition) is 5. The molecule has 7 heteroatoms. The highest BCUT2D eigenvalue weighted by Crippen LogP contribution is 2.30. The van der Waals surface area contributed by atoms with Gasteiger partial charge in [0.1, 0.15) is 17.2 Å². The van der Waals surface area contributed by atoms with Gasteiger partial charge in [0.05, 0.1) is 10.7 Å². The SMILES string of the molecule is Cc1nccc(N2CCN(c3ccc4c(Cl)ccnc4c3F)CC2)n1. The fourth-order valence-electron chi connectivity index (χ4n) is 3.18. The van der Waals surface area contributed by atoms with Crippen molar-refractivity contribution < 1.29 is 4.39 Å². The van der Waals surface area contributed by atoms with Crippen molar-refractivity contribution in [3.8, 4) is 0 Å². The van der Waals surface area contributed by atoms with Crippen LogP contribution in [-0.4, -0.2) is 41.1 Å². The summed E-state index contributed by atoms with van der Waals surface area (Å²) in [5.41, 5.74) is 0.889. The Morgan fingerprint density at radius 3 is 2.44 bits per heavy atom. The Balaban J connectivity index is 1.57. The number of aromatic nitrogens is 3. The van der Waals surface area contributed by atoms with E-state index in [1.807, 2.05) is 24.0 Å². The van der Waals surface area contributed by atoms with Gasteiger partial charge in [0, 0.05) is 44.0 Å². The molecule has 3 aromatic rings. The van der Waals surface area contributed by atoms with Crippen molar-refractivity contribution in [3.63, 3.8) is 0 Å². The maximum absolute atomic E-state index is 14.9. The first-order valence-corrected chi connectivity index (χ1v) is 8.53. The summed E-state index contributed by atoms with van der Waals surface area (Å²) in [5.74, 6) is 1.36. The molecule has 0 N–H and O–H groups in total. The Morgan fingerprint density at radius 2 is 1.68 bits per heavy atom. The normalized spacial score (nSPS) is 15.0. The van der Waals surface area contributed by atoms with Gasteiger partial charge in [-0.05, 0) is 31.2 Å². The highest BCUT2D eigenvalue weighted by Gasteiger charge is 2.22. The third-order valence-corrected chi connectivity index (χ3v) is 4.81. The molecule has 0 unspecified atom stereocenters. The Kier molecular flexibility index (Phi) is 4.13. The second kappa shape index (κ2) is 6.44. The molecule has 25 heavy (non-hydrogen) atoms. The summed E-state index contributed by atoms with van der Waals surface area (Å²) in [7, 11) is 0. The van der Waals surface area contributed by atoms with Crippen molar-refractivity contribution in [1.82, 2.24) is 15.0 Å². The summed E-state index contributed by atoms with van der Waals surface area (Å²) in [5, 5.41) is 1.15. The molecular weight excluding hydrogens is 341 g/mol. The third-order valence-electron chi connectivity index (χ3n) is 4.48. The average molecular weight is 358 g/mol. The lowest BCUT2D eigenvalue weighted by Crippen LogP contribution is -2.47. The molecule has 5 nitrogen and oxygen atoms in total. The summed E-state index contributed by atoms with van der Waals surface area (Å²) in [6.07, 6.45) is 3.30. The molecule has 1 saturated heterocycles. The van der Waals surface area contributed by atoms with Crippen LogP contribution < -0.4 is 9.80 Å². The summed E-state index contributed by atoms with van der Waals surface area (Å²) >= 11 is 6.13. The van der Waals surface area contributed by atoms with Crippen LogP contribution in [0, 0.1) is 12.7 Å². The van der Waals surface area contributed by atoms with Crippen LogP contribution in [0.15, 0.2) is 36.7 Å². The van der Waals surface area contributed by atoms with Crippen LogP contribution >= 0.6 is 11.6 Å². The molecular formula is C18H17ClFN5. The van der Waals surface area contributed by atoms with E-state index in [1.54, 1.807) is 18.3 Å². The zero-order valence-electron chi connectivity index (χ0n) is 13.8. The van der Waals surface area contributed by atoms with Crippen molar-refractivity contribution in [2.45, 2.75) is 6.92 Å². The summed E-state index contributed by atoms with van der Waals surface area (Å²) in [6, 6.07) is 7.20. The molecule has 0 aliphatic carbocycles. The average Bonchev–Trinajstić information content (AvgIpc) is 2.63. The zero-order chi connectivity index (χ0) is 17.4. The van der Waals surface area contributed by atoms with Gasteiger partial charge in [0.25, 0.3) is 0 Å². The van der Waals surface area contributed by atoms with Gasteiger partial charge in [-0.3, -0.25) is 4.98 Å². The van der Waals surface area contributed by atoms with Gasteiger partial charge in [0.2, 0.25) is 0 Å². The van der Waals surface area contributed by atoms with E-state index in [9.17, 15) is 4.39 Å². The van der Waals surface area contributed by atoms with Gasteiger partial charge in [-0.15, -0.1) is 0 Å². The lowest BCUT2D eigenvalue weighted by Gasteiger charge is -2.36. The number of anilines is 2. The monoisotopic (exact) mass is 357 g/mol. The number of rotatable bonds is 2. The molecule has 0 spiro atoms. The smallest absolute Gasteiger partial charge is 0.172 e. The number of pyridine rings is 1. The summed E-state index contributed by atoms with van der Waals surface area (Å²) < 4.78 is 14.9. The summed E-state index contributed by atoms with van der Waals surface area (Å²) in [4.78, 5) is 17.0. The van der Waals surface area contributed by atoms with Crippen molar-refractivity contribution in [1.29, 1.82) is 0 Å². The van der Waals surface area contributed by atoms with Crippen LogP contribution in [0.4, 0.5) is 15.9 Å². The predicted molar refractivity (Wildman–Crippen MR) is 97.9 cm³/mol. The fourth-order valence-corrected chi connectivity index (χ4v) is 3.39. The number of halogens is 2. The van der Waals surface area contributed by atoms with E-state index in [-0.39, 0.29) is 5.82 Å². The van der Waals surface area contributed by atoms with Crippen LogP contribution in [0.25, 0.3) is 10.9 Å². The number of fused-ring (bicyclic) bond motifs is 1. The molecule has 0 bridgehead atoms. The Hall–Kier alpha value is -2.47. The van der Waals surface area contributed by atoms with Crippen molar-refractivity contribution in [3.05, 3.63) is 53.3 Å². The predicted octanol–water partition coefficient (Wildman–Crippen LogP) is 3.45. The molecule has 0 radical (unpaired) electrons. The fraction of sp³-hybridized carbons (Fsp3) is 0.278. The van der Waals surface area contributed by atoms with E-state index in [0.29, 0.717) is 34.7 Å². The van der Waals surface area contributed by atoms with E-state index >= 15 is 0 Å². The van der Waals surface area contributed by atoms with E-state index in [2.05, 4.69) is 19.9 Å². The molecule has 4 rings (SSSR count). The van der Waals surface area contributed by atoms with Crippen molar-refractivity contribution in [2.24, 2.45) is 0 Å². The van der Waals surface area contributed by atoms with Crippen LogP contribution in [0.1, 0.15) is 5.82 Å². The zero-order valence-corrected chi connectivity index (χ0v) is 14.5. The van der Waals surface area contributed by atoms with E-state index in [1.165, 1.54) is 6.20 Å². The minimum atomic E-state index is -0.314. The van der Waals surface area contributed by atoms with Crippen molar-refractivity contribution >= 4 is 34.0 Å².